The minimum atomic E-state index is 0.432. The number of methoxy groups -OCH3 is 2. The third-order valence-corrected chi connectivity index (χ3v) is 4.03. The zero-order chi connectivity index (χ0) is 13.8. The summed E-state index contributed by atoms with van der Waals surface area (Å²) in [5.41, 5.74) is 0. The smallest absolute Gasteiger partial charge is 0.232 e. The zero-order valence-electron chi connectivity index (χ0n) is 11.6. The van der Waals surface area contributed by atoms with Crippen molar-refractivity contribution in [2.24, 2.45) is 5.92 Å². The fraction of sp³-hybridized carbons (Fsp3) is 0.692. The summed E-state index contributed by atoms with van der Waals surface area (Å²) >= 11 is 3.38. The van der Waals surface area contributed by atoms with E-state index in [4.69, 9.17) is 9.47 Å². The van der Waals surface area contributed by atoms with Crippen molar-refractivity contribution in [1.29, 1.82) is 0 Å². The van der Waals surface area contributed by atoms with Gasteiger partial charge in [-0.15, -0.1) is 0 Å². The molecule has 1 aliphatic carbocycles. The number of hydrogen-bond donors (Lipinski definition) is 0. The molecule has 1 aliphatic rings. The Morgan fingerprint density at radius 1 is 1.47 bits per heavy atom. The van der Waals surface area contributed by atoms with Crippen molar-refractivity contribution >= 4 is 21.9 Å². The van der Waals surface area contributed by atoms with Crippen LogP contribution >= 0.6 is 15.9 Å². The molecule has 2 rings (SSSR count). The van der Waals surface area contributed by atoms with E-state index in [9.17, 15) is 0 Å². The van der Waals surface area contributed by atoms with Crippen LogP contribution in [0.25, 0.3) is 0 Å². The van der Waals surface area contributed by atoms with Crippen LogP contribution in [0.15, 0.2) is 10.7 Å². The molecule has 1 aromatic heterocycles. The van der Waals surface area contributed by atoms with Crippen LogP contribution in [0.2, 0.25) is 0 Å². The monoisotopic (exact) mass is 329 g/mol. The third kappa shape index (κ3) is 3.57. The predicted octanol–water partition coefficient (Wildman–Crippen LogP) is 2.50. The van der Waals surface area contributed by atoms with Crippen LogP contribution in [0.5, 0.6) is 5.88 Å². The van der Waals surface area contributed by atoms with Crippen molar-refractivity contribution in [1.82, 2.24) is 9.97 Å². The molecule has 0 N–H and O–H groups in total. The van der Waals surface area contributed by atoms with E-state index in [-0.39, 0.29) is 0 Å². The van der Waals surface area contributed by atoms with E-state index in [1.54, 1.807) is 20.4 Å². The topological polar surface area (TPSA) is 47.5 Å². The van der Waals surface area contributed by atoms with Gasteiger partial charge in [-0.2, -0.15) is 4.98 Å². The summed E-state index contributed by atoms with van der Waals surface area (Å²) in [6.45, 7) is 3.68. The number of nitrogens with zero attached hydrogens (tertiary/aromatic N) is 3. The molecule has 106 valence electrons. The molecule has 6 heteroatoms. The summed E-state index contributed by atoms with van der Waals surface area (Å²) in [7, 11) is 3.32. The lowest BCUT2D eigenvalue weighted by Crippen LogP contribution is -2.38. The first kappa shape index (κ1) is 14.5. The molecular weight excluding hydrogens is 310 g/mol. The second kappa shape index (κ2) is 6.52. The maximum Gasteiger partial charge on any atom is 0.232 e. The summed E-state index contributed by atoms with van der Waals surface area (Å²) < 4.78 is 11.2. The van der Waals surface area contributed by atoms with Crippen molar-refractivity contribution in [2.75, 3.05) is 32.3 Å². The Morgan fingerprint density at radius 2 is 2.21 bits per heavy atom. The molecule has 1 unspecified atom stereocenters. The number of ether oxygens (including phenoxy) is 2. The van der Waals surface area contributed by atoms with Crippen LogP contribution in [0.1, 0.15) is 19.8 Å². The van der Waals surface area contributed by atoms with E-state index in [1.807, 2.05) is 0 Å². The molecule has 19 heavy (non-hydrogen) atoms. The molecule has 1 saturated carbocycles. The van der Waals surface area contributed by atoms with Gasteiger partial charge in [-0.1, -0.05) is 0 Å². The van der Waals surface area contributed by atoms with Gasteiger partial charge >= 0.3 is 0 Å². The third-order valence-electron chi connectivity index (χ3n) is 3.48. The first-order valence-corrected chi connectivity index (χ1v) is 7.28. The van der Waals surface area contributed by atoms with Crippen molar-refractivity contribution in [3.8, 4) is 5.88 Å². The summed E-state index contributed by atoms with van der Waals surface area (Å²) in [4.78, 5) is 11.1. The Morgan fingerprint density at radius 3 is 2.79 bits per heavy atom. The average molecular weight is 330 g/mol. The standard InChI is InChI=1S/C13H20BrN3O2/c1-9(10-4-5-10)17(6-7-18-2)13-15-8-11(14)12(16-13)19-3/h8-10H,4-7H2,1-3H3. The second-order valence-electron chi connectivity index (χ2n) is 4.79. The highest BCUT2D eigenvalue weighted by molar-refractivity contribution is 9.10. The fourth-order valence-electron chi connectivity index (χ4n) is 2.13. The molecule has 0 bridgehead atoms. The van der Waals surface area contributed by atoms with Gasteiger partial charge in [0.2, 0.25) is 11.8 Å². The number of hydrogen-bond acceptors (Lipinski definition) is 5. The van der Waals surface area contributed by atoms with Crippen LogP contribution in [0.3, 0.4) is 0 Å². The van der Waals surface area contributed by atoms with Gasteiger partial charge in [0, 0.05) is 19.7 Å². The predicted molar refractivity (Wildman–Crippen MR) is 77.7 cm³/mol. The van der Waals surface area contributed by atoms with Gasteiger partial charge in [0.15, 0.2) is 0 Å². The number of anilines is 1. The van der Waals surface area contributed by atoms with E-state index in [1.165, 1.54) is 12.8 Å². The minimum absolute atomic E-state index is 0.432. The van der Waals surface area contributed by atoms with Crippen molar-refractivity contribution < 1.29 is 9.47 Å². The van der Waals surface area contributed by atoms with E-state index < -0.39 is 0 Å². The molecule has 1 atom stereocenters. The van der Waals surface area contributed by atoms with E-state index >= 15 is 0 Å². The number of halogens is 1. The van der Waals surface area contributed by atoms with Gasteiger partial charge in [-0.05, 0) is 41.6 Å². The quantitative estimate of drug-likeness (QED) is 0.769. The highest BCUT2D eigenvalue weighted by atomic mass is 79.9. The Kier molecular flexibility index (Phi) is 4.99. The molecule has 0 spiro atoms. The molecular formula is C13H20BrN3O2. The molecule has 1 fully saturated rings. The van der Waals surface area contributed by atoms with Gasteiger partial charge in [0.25, 0.3) is 0 Å². The van der Waals surface area contributed by atoms with E-state index in [0.717, 1.165) is 16.9 Å². The maximum absolute atomic E-state index is 5.24. The Bertz CT molecular complexity index is 426. The zero-order valence-corrected chi connectivity index (χ0v) is 13.2. The molecule has 1 aromatic rings. The molecule has 5 nitrogen and oxygen atoms in total. The van der Waals surface area contributed by atoms with Gasteiger partial charge in [0.1, 0.15) is 0 Å². The van der Waals surface area contributed by atoms with Crippen molar-refractivity contribution in [3.63, 3.8) is 0 Å². The summed E-state index contributed by atoms with van der Waals surface area (Å²) in [5, 5.41) is 0. The lowest BCUT2D eigenvalue weighted by molar-refractivity contribution is 0.202. The Labute approximate surface area is 122 Å². The second-order valence-corrected chi connectivity index (χ2v) is 5.65. The average Bonchev–Trinajstić information content (AvgIpc) is 3.24. The van der Waals surface area contributed by atoms with Gasteiger partial charge in [-0.3, -0.25) is 0 Å². The minimum Gasteiger partial charge on any atom is -0.480 e. The van der Waals surface area contributed by atoms with Crippen LogP contribution in [0.4, 0.5) is 5.95 Å². The first-order chi connectivity index (χ1) is 9.17. The van der Waals surface area contributed by atoms with Gasteiger partial charge in [-0.25, -0.2) is 4.98 Å². The summed E-state index contributed by atoms with van der Waals surface area (Å²) in [6.07, 6.45) is 4.32. The molecule has 0 amide bonds. The Hall–Kier alpha value is -0.880. The Balaban J connectivity index is 2.20. The molecule has 0 aliphatic heterocycles. The maximum atomic E-state index is 5.24. The van der Waals surface area contributed by atoms with Crippen LogP contribution in [-0.2, 0) is 4.74 Å². The molecule has 0 saturated heterocycles. The highest BCUT2D eigenvalue weighted by Crippen LogP contribution is 2.36. The lowest BCUT2D eigenvalue weighted by Gasteiger charge is -2.29. The van der Waals surface area contributed by atoms with E-state index in [2.05, 4.69) is 37.7 Å². The van der Waals surface area contributed by atoms with Gasteiger partial charge < -0.3 is 14.4 Å². The van der Waals surface area contributed by atoms with Crippen LogP contribution < -0.4 is 9.64 Å². The van der Waals surface area contributed by atoms with Gasteiger partial charge in [0.05, 0.1) is 24.4 Å². The largest absolute Gasteiger partial charge is 0.480 e. The van der Waals surface area contributed by atoms with Crippen LogP contribution in [0, 0.1) is 5.92 Å². The number of aromatic nitrogens is 2. The van der Waals surface area contributed by atoms with Crippen LogP contribution in [-0.4, -0.2) is 43.4 Å². The van der Waals surface area contributed by atoms with Crippen molar-refractivity contribution in [2.45, 2.75) is 25.8 Å². The normalized spacial score (nSPS) is 16.2. The van der Waals surface area contributed by atoms with Crippen molar-refractivity contribution in [3.05, 3.63) is 10.7 Å². The lowest BCUT2D eigenvalue weighted by atomic mass is 10.2. The molecule has 1 heterocycles. The SMILES string of the molecule is COCCN(c1ncc(Br)c(OC)n1)C(C)C1CC1. The highest BCUT2D eigenvalue weighted by Gasteiger charge is 2.33. The summed E-state index contributed by atoms with van der Waals surface area (Å²) in [5.74, 6) is 2.02. The molecule has 0 radical (unpaired) electrons. The number of rotatable bonds is 7. The van der Waals surface area contributed by atoms with E-state index in [0.29, 0.717) is 24.5 Å². The first-order valence-electron chi connectivity index (χ1n) is 6.49. The molecule has 0 aromatic carbocycles. The summed E-state index contributed by atoms with van der Waals surface area (Å²) in [6, 6.07) is 0.432. The fourth-order valence-corrected chi connectivity index (χ4v) is 2.49.